The molecule has 2 aliphatic heterocycles. The highest BCUT2D eigenvalue weighted by atomic mass is 16.5. The van der Waals surface area contributed by atoms with Crippen LogP contribution < -0.4 is 0 Å². The quantitative estimate of drug-likeness (QED) is 0.179. The van der Waals surface area contributed by atoms with Crippen molar-refractivity contribution in [1.82, 2.24) is 9.80 Å². The van der Waals surface area contributed by atoms with Crippen LogP contribution in [0.4, 0.5) is 0 Å². The molecule has 0 bridgehead atoms. The molecule has 8 aromatic rings. The summed E-state index contributed by atoms with van der Waals surface area (Å²) in [6.45, 7) is 7.12. The maximum Gasteiger partial charge on any atom is 0.0621 e. The van der Waals surface area contributed by atoms with Crippen LogP contribution in [-0.4, -0.2) is 62.4 Å². The highest BCUT2D eigenvalue weighted by molar-refractivity contribution is 6.06. The molecule has 58 heavy (non-hydrogen) atoms. The Hall–Kier alpha value is -5.88. The Morgan fingerprint density at radius 1 is 0.362 bits per heavy atom. The van der Waals surface area contributed by atoms with E-state index in [0.29, 0.717) is 0 Å². The Kier molecular flexibility index (Phi) is 9.21. The first kappa shape index (κ1) is 35.3. The largest absolute Gasteiger partial charge is 0.379 e. The Balaban J connectivity index is 0.000000133. The van der Waals surface area contributed by atoms with Crippen molar-refractivity contribution in [2.24, 2.45) is 0 Å². The van der Waals surface area contributed by atoms with Crippen LogP contribution in [0.3, 0.4) is 0 Å². The van der Waals surface area contributed by atoms with Gasteiger partial charge in [-0.3, -0.25) is 9.80 Å². The van der Waals surface area contributed by atoms with E-state index in [0.717, 1.165) is 52.6 Å². The van der Waals surface area contributed by atoms with E-state index >= 15 is 0 Å². The minimum atomic E-state index is 0.282. The fraction of sp³-hybridized carbons (Fsp3) is 0.185. The molecule has 0 unspecified atom stereocenters. The van der Waals surface area contributed by atoms with Crippen LogP contribution in [0.25, 0.3) is 66.1 Å². The molecule has 4 heteroatoms. The van der Waals surface area contributed by atoms with E-state index in [1.165, 1.54) is 88.3 Å². The monoisotopic (exact) mass is 754 g/mol. The summed E-state index contributed by atoms with van der Waals surface area (Å²) in [5.41, 5.74) is 16.6. The Bertz CT molecular complexity index is 2580. The van der Waals surface area contributed by atoms with E-state index in [9.17, 15) is 0 Å². The van der Waals surface area contributed by atoms with Crippen LogP contribution in [0, 0.1) is 0 Å². The number of rotatable bonds is 4. The molecular formula is C54H46N2O2. The lowest BCUT2D eigenvalue weighted by Crippen LogP contribution is -2.39. The van der Waals surface area contributed by atoms with Gasteiger partial charge in [-0.2, -0.15) is 0 Å². The Labute approximate surface area is 340 Å². The summed E-state index contributed by atoms with van der Waals surface area (Å²) in [7, 11) is 0. The first-order valence-corrected chi connectivity index (χ1v) is 20.9. The third-order valence-electron chi connectivity index (χ3n) is 12.8. The molecule has 2 saturated heterocycles. The predicted octanol–water partition coefficient (Wildman–Crippen LogP) is 11.8. The van der Waals surface area contributed by atoms with E-state index in [1.807, 2.05) is 0 Å². The van der Waals surface area contributed by atoms with Crippen molar-refractivity contribution in [3.63, 3.8) is 0 Å². The molecule has 2 fully saturated rings. The summed E-state index contributed by atoms with van der Waals surface area (Å²) in [4.78, 5) is 5.21. The van der Waals surface area contributed by atoms with Gasteiger partial charge in [-0.25, -0.2) is 0 Å². The summed E-state index contributed by atoms with van der Waals surface area (Å²) in [6.07, 6.45) is 0. The van der Waals surface area contributed by atoms with E-state index < -0.39 is 0 Å². The lowest BCUT2D eigenvalue weighted by Gasteiger charge is -2.34. The molecule has 0 amide bonds. The van der Waals surface area contributed by atoms with E-state index in [-0.39, 0.29) is 12.1 Å². The summed E-state index contributed by atoms with van der Waals surface area (Å²) < 4.78 is 11.4. The van der Waals surface area contributed by atoms with Gasteiger partial charge in [0.1, 0.15) is 0 Å². The zero-order valence-corrected chi connectivity index (χ0v) is 32.7. The first-order valence-electron chi connectivity index (χ1n) is 20.9. The standard InChI is InChI=1S/2C27H23NO/c2*1-2-8-19(9-3-1)25-21-11-5-4-10-20(21)18-24-22-12-6-7-13-23(22)27(26(24)25)28-14-16-29-17-15-28/h2*1-13,18,27H,14-17H2/t2*27-/m10/s1. The molecular weight excluding hydrogens is 709 g/mol. The average molecular weight is 755 g/mol. The van der Waals surface area contributed by atoms with E-state index in [1.54, 1.807) is 0 Å². The normalized spacial score (nSPS) is 18.6. The zero-order chi connectivity index (χ0) is 38.4. The number of hydrogen-bond donors (Lipinski definition) is 0. The van der Waals surface area contributed by atoms with Gasteiger partial charge < -0.3 is 9.47 Å². The zero-order valence-electron chi connectivity index (χ0n) is 32.7. The number of hydrogen-bond acceptors (Lipinski definition) is 4. The van der Waals surface area contributed by atoms with Crippen LogP contribution in [0.2, 0.25) is 0 Å². The lowest BCUT2D eigenvalue weighted by molar-refractivity contribution is 0.0247. The van der Waals surface area contributed by atoms with Gasteiger partial charge in [0, 0.05) is 26.2 Å². The number of fused-ring (bicyclic) bond motifs is 8. The van der Waals surface area contributed by atoms with Crippen molar-refractivity contribution in [2.75, 3.05) is 52.6 Å². The maximum absolute atomic E-state index is 5.68. The number of ether oxygens (including phenoxy) is 2. The Morgan fingerprint density at radius 3 is 1.16 bits per heavy atom. The topological polar surface area (TPSA) is 24.9 Å². The SMILES string of the molecule is c1ccc(-c2c3c(cc4ccccc24)-c2ccccc2[C@@H]3N2CCOCC2)cc1.c1ccc(-c2c3c(cc4ccccc24)-c2ccccc2[C@H]3N2CCOCC2)cc1. The number of benzene rings is 8. The molecule has 0 N–H and O–H groups in total. The molecule has 284 valence electrons. The molecule has 0 aromatic heterocycles. The Morgan fingerprint density at radius 2 is 0.724 bits per heavy atom. The molecule has 0 radical (unpaired) electrons. The van der Waals surface area contributed by atoms with Gasteiger partial charge in [0.25, 0.3) is 0 Å². The predicted molar refractivity (Wildman–Crippen MR) is 238 cm³/mol. The minimum Gasteiger partial charge on any atom is -0.379 e. The molecule has 2 heterocycles. The maximum atomic E-state index is 5.68. The van der Waals surface area contributed by atoms with Crippen molar-refractivity contribution in [3.05, 3.63) is 192 Å². The highest BCUT2D eigenvalue weighted by Crippen LogP contribution is 2.54. The van der Waals surface area contributed by atoms with Crippen molar-refractivity contribution < 1.29 is 9.47 Å². The van der Waals surface area contributed by atoms with Crippen molar-refractivity contribution in [1.29, 1.82) is 0 Å². The van der Waals surface area contributed by atoms with Gasteiger partial charge in [-0.1, -0.05) is 158 Å². The average Bonchev–Trinajstić information content (AvgIpc) is 3.81. The van der Waals surface area contributed by atoms with Crippen molar-refractivity contribution >= 4 is 21.5 Å². The van der Waals surface area contributed by atoms with Crippen LogP contribution in [-0.2, 0) is 9.47 Å². The number of morpholine rings is 2. The molecule has 12 rings (SSSR count). The van der Waals surface area contributed by atoms with Gasteiger partial charge in [-0.15, -0.1) is 0 Å². The summed E-state index contributed by atoms with van der Waals surface area (Å²) in [6, 6.07) is 62.7. The molecule has 0 spiro atoms. The van der Waals surface area contributed by atoms with Crippen molar-refractivity contribution in [3.8, 4) is 44.5 Å². The second-order valence-corrected chi connectivity index (χ2v) is 15.9. The molecule has 2 atom stereocenters. The fourth-order valence-electron chi connectivity index (χ4n) is 10.3. The van der Waals surface area contributed by atoms with Crippen LogP contribution in [0.1, 0.15) is 34.3 Å². The molecule has 2 aliphatic carbocycles. The lowest BCUT2D eigenvalue weighted by atomic mass is 9.88. The van der Waals surface area contributed by atoms with E-state index in [2.05, 4.69) is 180 Å². The second kappa shape index (κ2) is 15.1. The van der Waals surface area contributed by atoms with Crippen LogP contribution >= 0.6 is 0 Å². The highest BCUT2D eigenvalue weighted by Gasteiger charge is 2.38. The van der Waals surface area contributed by atoms with Gasteiger partial charge in [0.05, 0.1) is 38.5 Å². The van der Waals surface area contributed by atoms with Crippen LogP contribution in [0.15, 0.2) is 170 Å². The van der Waals surface area contributed by atoms with Gasteiger partial charge in [0.15, 0.2) is 0 Å². The molecule has 4 aliphatic rings. The van der Waals surface area contributed by atoms with E-state index in [4.69, 9.17) is 9.47 Å². The molecule has 0 saturated carbocycles. The van der Waals surface area contributed by atoms with Crippen LogP contribution in [0.5, 0.6) is 0 Å². The third kappa shape index (κ3) is 5.99. The minimum absolute atomic E-state index is 0.282. The fourth-order valence-corrected chi connectivity index (χ4v) is 10.3. The first-order chi connectivity index (χ1) is 28.8. The summed E-state index contributed by atoms with van der Waals surface area (Å²) in [5.74, 6) is 0. The summed E-state index contributed by atoms with van der Waals surface area (Å²) in [5, 5.41) is 5.29. The number of nitrogens with zero attached hydrogens (tertiary/aromatic N) is 2. The molecule has 4 nitrogen and oxygen atoms in total. The van der Waals surface area contributed by atoms with Gasteiger partial charge in [0.2, 0.25) is 0 Å². The third-order valence-corrected chi connectivity index (χ3v) is 12.8. The van der Waals surface area contributed by atoms with Gasteiger partial charge >= 0.3 is 0 Å². The molecule has 8 aromatic carbocycles. The smallest absolute Gasteiger partial charge is 0.0621 e. The summed E-state index contributed by atoms with van der Waals surface area (Å²) >= 11 is 0. The second-order valence-electron chi connectivity index (χ2n) is 15.9. The van der Waals surface area contributed by atoms with Crippen molar-refractivity contribution in [2.45, 2.75) is 12.1 Å². The van der Waals surface area contributed by atoms with Gasteiger partial charge in [-0.05, 0) is 100 Å².